The molecule has 2 heterocycles. The van der Waals surface area contributed by atoms with Crippen LogP contribution in [0.5, 0.6) is 5.75 Å². The van der Waals surface area contributed by atoms with Crippen LogP contribution >= 0.6 is 0 Å². The van der Waals surface area contributed by atoms with Gasteiger partial charge >= 0.3 is 0 Å². The highest BCUT2D eigenvalue weighted by Gasteiger charge is 2.14. The second-order valence-electron chi connectivity index (χ2n) is 4.45. The van der Waals surface area contributed by atoms with Crippen LogP contribution in [0.3, 0.4) is 0 Å². The summed E-state index contributed by atoms with van der Waals surface area (Å²) in [7, 11) is 0. The lowest BCUT2D eigenvalue weighted by atomic mass is 10.1. The van der Waals surface area contributed by atoms with Crippen LogP contribution in [0.4, 0.5) is 0 Å². The molecule has 1 fully saturated rings. The van der Waals surface area contributed by atoms with E-state index in [2.05, 4.69) is 22.4 Å². The third-order valence-corrected chi connectivity index (χ3v) is 3.12. The standard InChI is InChI=1S/C14H16N2O/c1-2-6-14-11(4-1)8-13(10-16-14)17-12-5-3-7-15-9-12/h1-2,4,6,8,10,12,15H,3,5,7,9H2. The Balaban J connectivity index is 1.80. The molecule has 1 unspecified atom stereocenters. The van der Waals surface area contributed by atoms with Crippen LogP contribution in [0.15, 0.2) is 36.5 Å². The molecule has 3 nitrogen and oxygen atoms in total. The minimum Gasteiger partial charge on any atom is -0.487 e. The van der Waals surface area contributed by atoms with Gasteiger partial charge in [-0.2, -0.15) is 0 Å². The van der Waals surface area contributed by atoms with Crippen molar-refractivity contribution in [2.45, 2.75) is 18.9 Å². The van der Waals surface area contributed by atoms with Crippen molar-refractivity contribution in [2.24, 2.45) is 0 Å². The van der Waals surface area contributed by atoms with Crippen molar-refractivity contribution in [3.05, 3.63) is 36.5 Å². The number of hydrogen-bond acceptors (Lipinski definition) is 3. The molecule has 0 spiro atoms. The third kappa shape index (κ3) is 2.39. The third-order valence-electron chi connectivity index (χ3n) is 3.12. The maximum Gasteiger partial charge on any atom is 0.138 e. The number of nitrogens with zero attached hydrogens (tertiary/aromatic N) is 1. The molecular formula is C14H16N2O. The normalized spacial score (nSPS) is 20.4. The molecular weight excluding hydrogens is 212 g/mol. The smallest absolute Gasteiger partial charge is 0.138 e. The lowest BCUT2D eigenvalue weighted by Crippen LogP contribution is -2.37. The number of benzene rings is 1. The van der Waals surface area contributed by atoms with E-state index in [0.29, 0.717) is 0 Å². The first-order valence-corrected chi connectivity index (χ1v) is 6.14. The van der Waals surface area contributed by atoms with Crippen LogP contribution in [-0.4, -0.2) is 24.2 Å². The summed E-state index contributed by atoms with van der Waals surface area (Å²) in [5.74, 6) is 0.873. The molecule has 3 heteroatoms. The molecule has 1 saturated heterocycles. The van der Waals surface area contributed by atoms with E-state index >= 15 is 0 Å². The van der Waals surface area contributed by atoms with E-state index in [1.54, 1.807) is 0 Å². The van der Waals surface area contributed by atoms with Gasteiger partial charge < -0.3 is 10.1 Å². The average Bonchev–Trinajstić information content (AvgIpc) is 2.40. The van der Waals surface area contributed by atoms with E-state index in [9.17, 15) is 0 Å². The number of ether oxygens (including phenoxy) is 1. The number of hydrogen-bond donors (Lipinski definition) is 1. The predicted octanol–water partition coefficient (Wildman–Crippen LogP) is 2.37. The van der Waals surface area contributed by atoms with Gasteiger partial charge in [-0.05, 0) is 31.5 Å². The second kappa shape index (κ2) is 4.72. The Hall–Kier alpha value is -1.61. The number of piperidine rings is 1. The largest absolute Gasteiger partial charge is 0.487 e. The molecule has 0 radical (unpaired) electrons. The first kappa shape index (κ1) is 10.5. The zero-order chi connectivity index (χ0) is 11.5. The SMILES string of the molecule is c1ccc2ncc(OC3CCCNC3)cc2c1. The van der Waals surface area contributed by atoms with Crippen LogP contribution < -0.4 is 10.1 Å². The van der Waals surface area contributed by atoms with Crippen molar-refractivity contribution in [1.82, 2.24) is 10.3 Å². The van der Waals surface area contributed by atoms with Gasteiger partial charge in [0.25, 0.3) is 0 Å². The van der Waals surface area contributed by atoms with Crippen molar-refractivity contribution in [3.8, 4) is 5.75 Å². The van der Waals surface area contributed by atoms with Crippen molar-refractivity contribution in [2.75, 3.05) is 13.1 Å². The molecule has 88 valence electrons. The molecule has 17 heavy (non-hydrogen) atoms. The van der Waals surface area contributed by atoms with Crippen molar-refractivity contribution < 1.29 is 4.74 Å². The summed E-state index contributed by atoms with van der Waals surface area (Å²) in [6, 6.07) is 10.2. The van der Waals surface area contributed by atoms with Gasteiger partial charge in [-0.3, -0.25) is 4.98 Å². The molecule has 2 aromatic rings. The van der Waals surface area contributed by atoms with E-state index in [0.717, 1.165) is 36.2 Å². The fraction of sp³-hybridized carbons (Fsp3) is 0.357. The highest BCUT2D eigenvalue weighted by atomic mass is 16.5. The topological polar surface area (TPSA) is 34.1 Å². The molecule has 0 bridgehead atoms. The first-order valence-electron chi connectivity index (χ1n) is 6.14. The Kier molecular flexibility index (Phi) is 2.92. The Morgan fingerprint density at radius 2 is 2.24 bits per heavy atom. The molecule has 1 aromatic heterocycles. The Bertz CT molecular complexity index is 506. The van der Waals surface area contributed by atoms with Crippen LogP contribution in [0, 0.1) is 0 Å². The minimum atomic E-state index is 0.284. The number of para-hydroxylation sites is 1. The van der Waals surface area contributed by atoms with E-state index in [4.69, 9.17) is 4.74 Å². The van der Waals surface area contributed by atoms with Crippen molar-refractivity contribution >= 4 is 10.9 Å². The molecule has 3 rings (SSSR count). The molecule has 1 aromatic carbocycles. The zero-order valence-corrected chi connectivity index (χ0v) is 9.73. The highest BCUT2D eigenvalue weighted by molar-refractivity contribution is 5.79. The summed E-state index contributed by atoms with van der Waals surface area (Å²) in [5.41, 5.74) is 1.02. The summed E-state index contributed by atoms with van der Waals surface area (Å²) in [6.07, 6.45) is 4.41. The fourth-order valence-electron chi connectivity index (χ4n) is 2.23. The van der Waals surface area contributed by atoms with Gasteiger partial charge in [-0.1, -0.05) is 18.2 Å². The van der Waals surface area contributed by atoms with E-state index in [1.165, 1.54) is 6.42 Å². The van der Waals surface area contributed by atoms with Crippen molar-refractivity contribution in [3.63, 3.8) is 0 Å². The Labute approximate surface area is 101 Å². The quantitative estimate of drug-likeness (QED) is 0.856. The zero-order valence-electron chi connectivity index (χ0n) is 9.73. The van der Waals surface area contributed by atoms with Gasteiger partial charge in [0.1, 0.15) is 11.9 Å². The minimum absolute atomic E-state index is 0.284. The van der Waals surface area contributed by atoms with Gasteiger partial charge in [-0.25, -0.2) is 0 Å². The van der Waals surface area contributed by atoms with Gasteiger partial charge in [-0.15, -0.1) is 0 Å². The Morgan fingerprint density at radius 1 is 1.29 bits per heavy atom. The average molecular weight is 228 g/mol. The monoisotopic (exact) mass is 228 g/mol. The maximum absolute atomic E-state index is 5.94. The number of nitrogens with one attached hydrogen (secondary N) is 1. The number of rotatable bonds is 2. The number of fused-ring (bicyclic) bond motifs is 1. The molecule has 1 aliphatic heterocycles. The molecule has 0 saturated carbocycles. The first-order chi connectivity index (χ1) is 8.42. The summed E-state index contributed by atoms with van der Waals surface area (Å²) >= 11 is 0. The summed E-state index contributed by atoms with van der Waals surface area (Å²) < 4.78 is 5.94. The maximum atomic E-state index is 5.94. The summed E-state index contributed by atoms with van der Waals surface area (Å²) in [5, 5.41) is 4.48. The lowest BCUT2D eigenvalue weighted by molar-refractivity contribution is 0.167. The van der Waals surface area contributed by atoms with Gasteiger partial charge in [0.2, 0.25) is 0 Å². The fourth-order valence-corrected chi connectivity index (χ4v) is 2.23. The number of aromatic nitrogens is 1. The van der Waals surface area contributed by atoms with E-state index < -0.39 is 0 Å². The van der Waals surface area contributed by atoms with E-state index in [-0.39, 0.29) is 6.10 Å². The van der Waals surface area contributed by atoms with Crippen LogP contribution in [0.25, 0.3) is 10.9 Å². The van der Waals surface area contributed by atoms with Crippen LogP contribution in [0.1, 0.15) is 12.8 Å². The number of pyridine rings is 1. The lowest BCUT2D eigenvalue weighted by Gasteiger charge is -2.23. The molecule has 1 N–H and O–H groups in total. The van der Waals surface area contributed by atoms with Gasteiger partial charge in [0.05, 0.1) is 11.7 Å². The van der Waals surface area contributed by atoms with E-state index in [1.807, 2.05) is 24.4 Å². The second-order valence-corrected chi connectivity index (χ2v) is 4.45. The molecule has 0 amide bonds. The van der Waals surface area contributed by atoms with Crippen LogP contribution in [0.2, 0.25) is 0 Å². The molecule has 1 aliphatic rings. The van der Waals surface area contributed by atoms with Gasteiger partial charge in [0.15, 0.2) is 0 Å². The van der Waals surface area contributed by atoms with Crippen LogP contribution in [-0.2, 0) is 0 Å². The summed E-state index contributed by atoms with van der Waals surface area (Å²) in [6.45, 7) is 2.04. The molecule has 0 aliphatic carbocycles. The predicted molar refractivity (Wildman–Crippen MR) is 68.3 cm³/mol. The molecule has 1 atom stereocenters. The highest BCUT2D eigenvalue weighted by Crippen LogP contribution is 2.20. The summed E-state index contributed by atoms with van der Waals surface area (Å²) in [4.78, 5) is 4.40. The Morgan fingerprint density at radius 3 is 3.12 bits per heavy atom. The van der Waals surface area contributed by atoms with Gasteiger partial charge in [0, 0.05) is 11.9 Å². The van der Waals surface area contributed by atoms with Crippen molar-refractivity contribution in [1.29, 1.82) is 0 Å².